The first-order valence-electron chi connectivity index (χ1n) is 42.2. The predicted molar refractivity (Wildman–Crippen MR) is 465 cm³/mol. The van der Waals surface area contributed by atoms with Crippen molar-refractivity contribution in [3.8, 4) is 51.3 Å². The van der Waals surface area contributed by atoms with Crippen LogP contribution in [-0.4, -0.2) is 120 Å². The van der Waals surface area contributed by atoms with E-state index in [9.17, 15) is 28.6 Å². The largest absolute Gasteiger partial charge is 0.488 e. The molecular weight excluding hydrogens is 1550 g/mol. The van der Waals surface area contributed by atoms with Gasteiger partial charge >= 0.3 is 27.1 Å². The highest BCUT2D eigenvalue weighted by molar-refractivity contribution is 7.57. The molecule has 0 radical (unpaired) electrons. The number of ether oxygens (including phenoxy) is 4. The zero-order valence-corrected chi connectivity index (χ0v) is 71.7. The monoisotopic (exact) mass is 1660 g/mol. The summed E-state index contributed by atoms with van der Waals surface area (Å²) >= 11 is 0. The summed E-state index contributed by atoms with van der Waals surface area (Å²) in [6, 6.07) is 59.5. The lowest BCUT2D eigenvalue weighted by Crippen LogP contribution is -2.48. The van der Waals surface area contributed by atoms with Gasteiger partial charge in [-0.25, -0.2) is 19.1 Å². The maximum Gasteiger partial charge on any atom is 0.437 e. The number of pyridine rings is 2. The molecule has 2 aliphatic heterocycles. The first kappa shape index (κ1) is 85.9. The molecule has 6 fully saturated rings. The van der Waals surface area contributed by atoms with Gasteiger partial charge in [-0.2, -0.15) is 0 Å². The summed E-state index contributed by atoms with van der Waals surface area (Å²) in [6.45, 7) is 23.6. The number of esters is 2. The normalized spacial score (nSPS) is 22.7. The van der Waals surface area contributed by atoms with E-state index in [1.54, 1.807) is 95.9 Å². The number of hydrogen-bond donors (Lipinski definition) is 1. The Hall–Kier alpha value is -10.5. The molecule has 4 aliphatic carbocycles. The van der Waals surface area contributed by atoms with Crippen LogP contribution in [0.5, 0.6) is 28.7 Å². The molecule has 120 heavy (non-hydrogen) atoms. The number of benzene rings is 7. The van der Waals surface area contributed by atoms with Crippen molar-refractivity contribution in [2.75, 3.05) is 13.1 Å². The van der Waals surface area contributed by atoms with E-state index < -0.39 is 90.3 Å². The lowest BCUT2D eigenvalue weighted by molar-refractivity contribution is -0.156. The van der Waals surface area contributed by atoms with E-state index in [2.05, 4.69) is 13.2 Å². The van der Waals surface area contributed by atoms with E-state index in [-0.39, 0.29) is 105 Å². The second-order valence-electron chi connectivity index (χ2n) is 35.6. The summed E-state index contributed by atoms with van der Waals surface area (Å²) in [5, 5.41) is -1.06. The molecule has 5 unspecified atom stereocenters. The number of aryl methyl sites for hydroxylation is 2. The SMILES string of the molecule is C=CC1CC1(CC(=O)[C@@H]1C[C@@H](Oc2cc(-c3ccccc3)nc3cc(C)ccc23)CN1C(=O)[C@@H](CC(=O)OC1CCCC1)C(C)(C)C)P(=O)(O)Oc1ccccc1.C=CC1CC1(CC(=O)[C@@H]1C[C@@H](Oc2cc(-c3ccccc3)nc3cc(C)ccc23)CN1C(=O)[C@@H](CC(=O)OC1CCCC1)C(C)(C)C)P(=O)(Oc1ccccc1)Oc1ccccc1. The lowest BCUT2D eigenvalue weighted by Gasteiger charge is -2.35. The van der Waals surface area contributed by atoms with Crippen LogP contribution in [0.2, 0.25) is 0 Å². The maximum absolute atomic E-state index is 15.5. The van der Waals surface area contributed by atoms with Crippen LogP contribution in [0.25, 0.3) is 44.3 Å². The Bertz CT molecular complexity index is 5300. The highest BCUT2D eigenvalue weighted by Gasteiger charge is 2.71. The number of fused-ring (bicyclic) bond motifs is 2. The van der Waals surface area contributed by atoms with E-state index >= 15 is 14.2 Å². The minimum atomic E-state index is -4.43. The lowest BCUT2D eigenvalue weighted by atomic mass is 9.77. The summed E-state index contributed by atoms with van der Waals surface area (Å²) in [6.07, 6.45) is 9.20. The number of hydrogen-bond acceptors (Lipinski definition) is 17. The number of rotatable bonds is 30. The zero-order valence-electron chi connectivity index (χ0n) is 69.9. The van der Waals surface area contributed by atoms with Crippen LogP contribution in [0.3, 0.4) is 0 Å². The fraction of sp³-hybridized carbons (Fsp3) is 0.408. The van der Waals surface area contributed by atoms with Crippen LogP contribution in [0.4, 0.5) is 0 Å². The molecule has 4 saturated carbocycles. The fourth-order valence-electron chi connectivity index (χ4n) is 17.8. The van der Waals surface area contributed by atoms with E-state index in [1.807, 2.05) is 177 Å². The molecule has 2 amide bonds. The van der Waals surface area contributed by atoms with Crippen molar-refractivity contribution in [1.82, 2.24) is 19.8 Å². The van der Waals surface area contributed by atoms with Gasteiger partial charge in [0, 0.05) is 59.7 Å². The van der Waals surface area contributed by atoms with Crippen molar-refractivity contribution in [1.29, 1.82) is 0 Å². The van der Waals surface area contributed by atoms with Crippen molar-refractivity contribution in [3.05, 3.63) is 237 Å². The van der Waals surface area contributed by atoms with Crippen molar-refractivity contribution in [2.45, 2.75) is 205 Å². The summed E-state index contributed by atoms with van der Waals surface area (Å²) in [4.78, 5) is 111. The van der Waals surface area contributed by atoms with Gasteiger partial charge in [0.2, 0.25) is 11.8 Å². The van der Waals surface area contributed by atoms with Crippen LogP contribution in [0, 0.1) is 48.3 Å². The van der Waals surface area contributed by atoms with Crippen LogP contribution < -0.4 is 23.0 Å². The number of likely N-dealkylation sites (tertiary alicyclic amines) is 2. The minimum absolute atomic E-state index is 0.0744. The van der Waals surface area contributed by atoms with E-state index in [1.165, 1.54) is 4.90 Å². The summed E-state index contributed by atoms with van der Waals surface area (Å²) in [5.41, 5.74) is 5.58. The van der Waals surface area contributed by atoms with Crippen LogP contribution in [0.1, 0.15) is 155 Å². The van der Waals surface area contributed by atoms with E-state index in [0.717, 1.165) is 107 Å². The number of aromatic nitrogens is 2. The molecule has 9 aromatic rings. The summed E-state index contributed by atoms with van der Waals surface area (Å²) in [7, 11) is -8.60. The molecule has 7 aromatic carbocycles. The molecular formula is C98H110N4O16P2. The third-order valence-electron chi connectivity index (χ3n) is 24.8. The van der Waals surface area contributed by atoms with E-state index in [0.29, 0.717) is 29.4 Å². The van der Waals surface area contributed by atoms with Crippen LogP contribution in [0.15, 0.2) is 226 Å². The Morgan fingerprint density at radius 2 is 0.833 bits per heavy atom. The van der Waals surface area contributed by atoms with Gasteiger partial charge in [0.05, 0.1) is 77.4 Å². The summed E-state index contributed by atoms with van der Waals surface area (Å²) < 4.78 is 73.4. The Balaban J connectivity index is 0.000000198. The smallest absolute Gasteiger partial charge is 0.437 e. The number of Topliss-reactive ketones (excluding diaryl/α,β-unsaturated/α-hetero) is 2. The molecule has 11 atom stereocenters. The standard InChI is InChI=1S/C52H57N2O8P.C46H53N2O8P/c1-6-37-32-52(37,63(58,61-39-22-12-8-13-23-39)62-40-24-14-9-15-25-40)33-47(55)46-29-41(34-54(46)50(57)43(51(3,4)5)30-49(56)60-38-20-16-17-21-38)59-48-31-44(36-18-10-7-11-19-36)53-45-28-35(2)26-27-42(45)48;1-6-32-27-46(32,57(52,53)56-34-19-11-8-12-20-34)28-41(49)40-24-35(29-48(40)44(51)37(45(3,4)5)25-43(50)55-33-17-13-14-18-33)54-42-26-38(31-15-9-7-10-16-31)47-39-23-30(2)21-22-36(39)42/h6-15,18-19,22-28,31,37-38,41,43,46H,1,16-17,20-21,29-30,32-34H2,2-5H3;6-12,15-16,19-23,26,32-33,35,37,40H,1,13-14,17-18,24-25,27-29H2,2-5H3,(H,52,53)/t37?,41-,43-,46+,52?;32?,35-,37-,40+,46?/m11/s1. The van der Waals surface area contributed by atoms with Gasteiger partial charge in [0.1, 0.15) is 58.3 Å². The average molecular weight is 1660 g/mol. The zero-order chi connectivity index (χ0) is 84.9. The van der Waals surface area contributed by atoms with Gasteiger partial charge in [-0.15, -0.1) is 13.2 Å². The second kappa shape index (κ2) is 36.0. The minimum Gasteiger partial charge on any atom is -0.488 e. The number of amides is 2. The van der Waals surface area contributed by atoms with Gasteiger partial charge in [-0.3, -0.25) is 28.8 Å². The number of para-hydroxylation sites is 3. The Morgan fingerprint density at radius 3 is 1.19 bits per heavy atom. The van der Waals surface area contributed by atoms with Crippen LogP contribution >= 0.6 is 15.2 Å². The number of ketones is 2. The van der Waals surface area contributed by atoms with Gasteiger partial charge < -0.3 is 47.2 Å². The van der Waals surface area contributed by atoms with Gasteiger partial charge in [-0.05, 0) is 173 Å². The number of carbonyl (C=O) groups is 6. The van der Waals surface area contributed by atoms with Crippen molar-refractivity contribution in [2.24, 2.45) is 34.5 Å². The topological polar surface area (TPSA) is 254 Å². The second-order valence-corrected chi connectivity index (χ2v) is 40.0. The van der Waals surface area contributed by atoms with Gasteiger partial charge in [0.25, 0.3) is 0 Å². The quantitative estimate of drug-likeness (QED) is 0.0249. The Kier molecular flexibility index (Phi) is 25.8. The number of carbonyl (C=O) groups excluding carboxylic acids is 6. The molecule has 0 spiro atoms. The summed E-state index contributed by atoms with van der Waals surface area (Å²) in [5.74, 6) is -2.52. The molecule has 1 N–H and O–H groups in total. The molecule has 4 heterocycles. The number of allylic oxidation sites excluding steroid dienone is 2. The Labute approximate surface area is 703 Å². The molecule has 6 aliphatic rings. The molecule has 0 bridgehead atoms. The predicted octanol–water partition coefficient (Wildman–Crippen LogP) is 20.6. The van der Waals surface area contributed by atoms with Crippen LogP contribution in [-0.2, 0) is 47.4 Å². The van der Waals surface area contributed by atoms with Crippen molar-refractivity contribution >= 4 is 72.3 Å². The number of nitrogens with zero attached hydrogens (tertiary/aromatic N) is 4. The van der Waals surface area contributed by atoms with E-state index in [4.69, 9.17) is 42.5 Å². The third kappa shape index (κ3) is 19.4. The molecule has 15 rings (SSSR count). The molecule has 20 nitrogen and oxygen atoms in total. The first-order chi connectivity index (χ1) is 57.4. The Morgan fingerprint density at radius 1 is 0.483 bits per heavy atom. The van der Waals surface area contributed by atoms with Crippen molar-refractivity contribution < 1.29 is 75.3 Å². The molecule has 22 heteroatoms. The highest BCUT2D eigenvalue weighted by Crippen LogP contribution is 2.75. The van der Waals surface area contributed by atoms with Crippen molar-refractivity contribution in [3.63, 3.8) is 0 Å². The molecule has 2 aromatic heterocycles. The first-order valence-corrected chi connectivity index (χ1v) is 45.3. The van der Waals surface area contributed by atoms with Gasteiger partial charge in [-0.1, -0.05) is 181 Å². The average Bonchev–Trinajstić information content (AvgIpc) is 1.55. The molecule has 2 saturated heterocycles. The maximum atomic E-state index is 15.5. The fourth-order valence-corrected chi connectivity index (χ4v) is 22.2. The van der Waals surface area contributed by atoms with Gasteiger partial charge in [0.15, 0.2) is 11.6 Å². The third-order valence-corrected chi connectivity index (χ3v) is 29.7. The molecule has 628 valence electrons. The highest BCUT2D eigenvalue weighted by atomic mass is 31.2.